The minimum absolute atomic E-state index is 0.0969. The van der Waals surface area contributed by atoms with Gasteiger partial charge < -0.3 is 14.8 Å². The van der Waals surface area contributed by atoms with Crippen molar-refractivity contribution in [2.75, 3.05) is 19.5 Å². The molecular formula is C16H16FNO3. The summed E-state index contributed by atoms with van der Waals surface area (Å²) in [5.74, 6) is -0.357. The summed E-state index contributed by atoms with van der Waals surface area (Å²) in [6.45, 7) is 1.90. The summed E-state index contributed by atoms with van der Waals surface area (Å²) < 4.78 is 23.6. The second kappa shape index (κ2) is 6.26. The van der Waals surface area contributed by atoms with Crippen LogP contribution in [0, 0.1) is 12.7 Å². The fraction of sp³-hybridized carbons (Fsp3) is 0.188. The van der Waals surface area contributed by atoms with Gasteiger partial charge in [-0.3, -0.25) is 4.79 Å². The van der Waals surface area contributed by atoms with Gasteiger partial charge in [0.05, 0.1) is 19.9 Å². The Bertz CT molecular complexity index is 671. The molecule has 0 spiro atoms. The third kappa shape index (κ3) is 3.31. The first-order chi connectivity index (χ1) is 10.0. The normalized spacial score (nSPS) is 10.1. The van der Waals surface area contributed by atoms with E-state index < -0.39 is 11.7 Å². The largest absolute Gasteiger partial charge is 0.495 e. The lowest BCUT2D eigenvalue weighted by Gasteiger charge is -2.11. The summed E-state index contributed by atoms with van der Waals surface area (Å²) in [6.07, 6.45) is 0. The topological polar surface area (TPSA) is 47.6 Å². The van der Waals surface area contributed by atoms with Gasteiger partial charge in [-0.05, 0) is 42.8 Å². The molecule has 21 heavy (non-hydrogen) atoms. The van der Waals surface area contributed by atoms with Crippen molar-refractivity contribution < 1.29 is 18.7 Å². The molecule has 110 valence electrons. The Labute approximate surface area is 122 Å². The van der Waals surface area contributed by atoms with E-state index in [0.717, 1.165) is 11.6 Å². The molecular weight excluding hydrogens is 273 g/mol. The summed E-state index contributed by atoms with van der Waals surface area (Å²) >= 11 is 0. The molecule has 0 fully saturated rings. The number of hydrogen-bond acceptors (Lipinski definition) is 3. The van der Waals surface area contributed by atoms with Crippen LogP contribution in [0.3, 0.4) is 0 Å². The van der Waals surface area contributed by atoms with Crippen LogP contribution in [0.1, 0.15) is 15.9 Å². The van der Waals surface area contributed by atoms with Gasteiger partial charge in [0.1, 0.15) is 5.75 Å². The molecule has 0 heterocycles. The number of amides is 1. The minimum atomic E-state index is -0.582. The number of halogens is 1. The van der Waals surface area contributed by atoms with Crippen molar-refractivity contribution in [3.05, 3.63) is 53.3 Å². The minimum Gasteiger partial charge on any atom is -0.495 e. The van der Waals surface area contributed by atoms with E-state index in [-0.39, 0.29) is 11.3 Å². The summed E-state index contributed by atoms with van der Waals surface area (Å²) in [4.78, 5) is 12.2. The third-order valence-electron chi connectivity index (χ3n) is 3.02. The number of carbonyl (C=O) groups excluding carboxylic acids is 1. The van der Waals surface area contributed by atoms with Crippen LogP contribution in [0.4, 0.5) is 10.1 Å². The first kappa shape index (κ1) is 14.8. The second-order valence-corrected chi connectivity index (χ2v) is 4.51. The van der Waals surface area contributed by atoms with Gasteiger partial charge in [0.15, 0.2) is 11.6 Å². The highest BCUT2D eigenvalue weighted by Gasteiger charge is 2.12. The highest BCUT2D eigenvalue weighted by atomic mass is 19.1. The van der Waals surface area contributed by atoms with Crippen molar-refractivity contribution in [1.82, 2.24) is 0 Å². The van der Waals surface area contributed by atoms with Gasteiger partial charge in [-0.25, -0.2) is 4.39 Å². The van der Waals surface area contributed by atoms with Gasteiger partial charge in [-0.2, -0.15) is 0 Å². The van der Waals surface area contributed by atoms with Gasteiger partial charge in [-0.15, -0.1) is 0 Å². The Kier molecular flexibility index (Phi) is 4.42. The molecule has 0 saturated heterocycles. The van der Waals surface area contributed by atoms with Crippen LogP contribution >= 0.6 is 0 Å². The van der Waals surface area contributed by atoms with Gasteiger partial charge in [0.25, 0.3) is 5.91 Å². The van der Waals surface area contributed by atoms with Gasteiger partial charge >= 0.3 is 0 Å². The van der Waals surface area contributed by atoms with Crippen molar-refractivity contribution in [3.63, 3.8) is 0 Å². The van der Waals surface area contributed by atoms with E-state index in [4.69, 9.17) is 9.47 Å². The molecule has 0 aromatic heterocycles. The highest BCUT2D eigenvalue weighted by Crippen LogP contribution is 2.26. The Morgan fingerprint density at radius 2 is 1.71 bits per heavy atom. The average molecular weight is 289 g/mol. The number of carbonyl (C=O) groups is 1. The lowest BCUT2D eigenvalue weighted by Crippen LogP contribution is -2.13. The molecule has 2 aromatic rings. The molecule has 0 atom stereocenters. The van der Waals surface area contributed by atoms with E-state index in [0.29, 0.717) is 11.4 Å². The van der Waals surface area contributed by atoms with Crippen LogP contribution < -0.4 is 14.8 Å². The molecule has 0 aliphatic rings. The number of nitrogens with one attached hydrogen (secondary N) is 1. The molecule has 0 aliphatic carbocycles. The quantitative estimate of drug-likeness (QED) is 0.938. The van der Waals surface area contributed by atoms with E-state index in [1.807, 2.05) is 13.0 Å². The average Bonchev–Trinajstić information content (AvgIpc) is 2.47. The number of benzene rings is 2. The van der Waals surface area contributed by atoms with E-state index >= 15 is 0 Å². The standard InChI is InChI=1S/C16H16FNO3/c1-10-4-6-15(21-3)13(8-10)18-16(19)11-5-7-14(20-2)12(17)9-11/h4-9H,1-3H3,(H,18,19). The maximum Gasteiger partial charge on any atom is 0.255 e. The number of aryl methyl sites for hydroxylation is 1. The van der Waals surface area contributed by atoms with Crippen LogP contribution in [0.5, 0.6) is 11.5 Å². The van der Waals surface area contributed by atoms with Gasteiger partial charge in [-0.1, -0.05) is 6.07 Å². The molecule has 1 N–H and O–H groups in total. The van der Waals surface area contributed by atoms with Crippen LogP contribution in [0.2, 0.25) is 0 Å². The molecule has 5 heteroatoms. The summed E-state index contributed by atoms with van der Waals surface area (Å²) in [5.41, 5.74) is 1.72. The van der Waals surface area contributed by atoms with Crippen molar-refractivity contribution in [2.24, 2.45) is 0 Å². The van der Waals surface area contributed by atoms with Gasteiger partial charge in [0.2, 0.25) is 0 Å². The smallest absolute Gasteiger partial charge is 0.255 e. The lowest BCUT2D eigenvalue weighted by atomic mass is 10.1. The number of rotatable bonds is 4. The first-order valence-corrected chi connectivity index (χ1v) is 6.34. The Balaban J connectivity index is 2.26. The predicted octanol–water partition coefficient (Wildman–Crippen LogP) is 3.40. The zero-order chi connectivity index (χ0) is 15.4. The van der Waals surface area contributed by atoms with Crippen LogP contribution in [-0.4, -0.2) is 20.1 Å². The van der Waals surface area contributed by atoms with Crippen LogP contribution in [0.25, 0.3) is 0 Å². The molecule has 0 saturated carbocycles. The number of hydrogen-bond donors (Lipinski definition) is 1. The van der Waals surface area contributed by atoms with E-state index in [9.17, 15) is 9.18 Å². The molecule has 0 bridgehead atoms. The van der Waals surface area contributed by atoms with Crippen molar-refractivity contribution in [3.8, 4) is 11.5 Å². The molecule has 2 rings (SSSR count). The maximum absolute atomic E-state index is 13.6. The molecule has 2 aromatic carbocycles. The number of ether oxygens (including phenoxy) is 2. The van der Waals surface area contributed by atoms with Crippen LogP contribution in [-0.2, 0) is 0 Å². The molecule has 1 amide bonds. The van der Waals surface area contributed by atoms with Gasteiger partial charge in [0, 0.05) is 5.56 Å². The van der Waals surface area contributed by atoms with E-state index in [2.05, 4.69) is 5.32 Å². The first-order valence-electron chi connectivity index (χ1n) is 6.34. The SMILES string of the molecule is COc1ccc(C(=O)Nc2cc(C)ccc2OC)cc1F. The summed E-state index contributed by atoms with van der Waals surface area (Å²) in [6, 6.07) is 9.48. The van der Waals surface area contributed by atoms with E-state index in [1.54, 1.807) is 12.1 Å². The molecule has 4 nitrogen and oxygen atoms in total. The Hall–Kier alpha value is -2.56. The zero-order valence-electron chi connectivity index (χ0n) is 12.1. The zero-order valence-corrected chi connectivity index (χ0v) is 12.1. The number of methoxy groups -OCH3 is 2. The summed E-state index contributed by atoms with van der Waals surface area (Å²) in [5, 5.41) is 2.71. The molecule has 0 aliphatic heterocycles. The Morgan fingerprint density at radius 1 is 1.05 bits per heavy atom. The summed E-state index contributed by atoms with van der Waals surface area (Å²) in [7, 11) is 2.89. The monoisotopic (exact) mass is 289 g/mol. The third-order valence-corrected chi connectivity index (χ3v) is 3.02. The molecule has 0 unspecified atom stereocenters. The van der Waals surface area contributed by atoms with Crippen molar-refractivity contribution in [1.29, 1.82) is 0 Å². The second-order valence-electron chi connectivity index (χ2n) is 4.51. The lowest BCUT2D eigenvalue weighted by molar-refractivity contribution is 0.102. The highest BCUT2D eigenvalue weighted by molar-refractivity contribution is 6.05. The maximum atomic E-state index is 13.6. The van der Waals surface area contributed by atoms with Crippen LogP contribution in [0.15, 0.2) is 36.4 Å². The van der Waals surface area contributed by atoms with E-state index in [1.165, 1.54) is 26.4 Å². The van der Waals surface area contributed by atoms with Crippen molar-refractivity contribution >= 4 is 11.6 Å². The molecule has 0 radical (unpaired) electrons. The van der Waals surface area contributed by atoms with Crippen molar-refractivity contribution in [2.45, 2.75) is 6.92 Å². The fourth-order valence-corrected chi connectivity index (χ4v) is 1.92. The number of anilines is 1. The fourth-order valence-electron chi connectivity index (χ4n) is 1.92. The Morgan fingerprint density at radius 3 is 2.33 bits per heavy atom. The predicted molar refractivity (Wildman–Crippen MR) is 78.6 cm³/mol.